The maximum absolute atomic E-state index is 13.5. The summed E-state index contributed by atoms with van der Waals surface area (Å²) in [6, 6.07) is 11.1. The van der Waals surface area contributed by atoms with Gasteiger partial charge in [-0.1, -0.05) is 6.07 Å². The van der Waals surface area contributed by atoms with Crippen molar-refractivity contribution in [3.05, 3.63) is 48.0 Å². The molecular formula is C28H38N4O5S2. The molecule has 3 aliphatic rings. The lowest BCUT2D eigenvalue weighted by atomic mass is 9.93. The molecule has 0 bridgehead atoms. The number of amides is 1. The van der Waals surface area contributed by atoms with E-state index in [0.29, 0.717) is 40.9 Å². The SMILES string of the molecule is CC(C)(C)NS(=O)(=O)c1cccc(NC(=O)c2ccc(NS(=O)(=O)C3(C)CC3)cc2N2CCC3(CC2)CC3)c1. The number of nitrogens with zero attached hydrogens (tertiary/aromatic N) is 1. The van der Waals surface area contributed by atoms with Crippen LogP contribution in [0.15, 0.2) is 47.4 Å². The summed E-state index contributed by atoms with van der Waals surface area (Å²) in [5.74, 6) is -0.390. The molecule has 5 rings (SSSR count). The van der Waals surface area contributed by atoms with Crippen molar-refractivity contribution in [1.29, 1.82) is 0 Å². The minimum Gasteiger partial charge on any atom is -0.371 e. The van der Waals surface area contributed by atoms with E-state index >= 15 is 0 Å². The van der Waals surface area contributed by atoms with E-state index in [2.05, 4.69) is 19.7 Å². The summed E-state index contributed by atoms with van der Waals surface area (Å²) in [6.45, 7) is 8.61. The molecule has 1 heterocycles. The molecule has 0 radical (unpaired) electrons. The Morgan fingerprint density at radius 2 is 1.54 bits per heavy atom. The van der Waals surface area contributed by atoms with E-state index in [4.69, 9.17) is 0 Å². The molecule has 1 amide bonds. The van der Waals surface area contributed by atoms with Crippen LogP contribution in [0.3, 0.4) is 0 Å². The van der Waals surface area contributed by atoms with Gasteiger partial charge in [0, 0.05) is 24.3 Å². The van der Waals surface area contributed by atoms with Crippen LogP contribution in [-0.4, -0.2) is 46.1 Å². The van der Waals surface area contributed by atoms with Crippen molar-refractivity contribution in [1.82, 2.24) is 4.72 Å². The Bertz CT molecular complexity index is 1490. The second kappa shape index (κ2) is 9.49. The minimum atomic E-state index is -3.78. The Morgan fingerprint density at radius 1 is 0.872 bits per heavy atom. The number of nitrogens with one attached hydrogen (secondary N) is 3. The summed E-state index contributed by atoms with van der Waals surface area (Å²) in [7, 11) is -7.32. The summed E-state index contributed by atoms with van der Waals surface area (Å²) in [5.41, 5.74) is 1.64. The largest absolute Gasteiger partial charge is 0.371 e. The zero-order valence-electron chi connectivity index (χ0n) is 23.0. The van der Waals surface area contributed by atoms with Gasteiger partial charge in [-0.2, -0.15) is 0 Å². The smallest absolute Gasteiger partial charge is 0.257 e. The van der Waals surface area contributed by atoms with E-state index in [1.165, 1.54) is 25.0 Å². The van der Waals surface area contributed by atoms with Crippen LogP contribution in [0.5, 0.6) is 0 Å². The third-order valence-corrected chi connectivity index (χ3v) is 12.0. The van der Waals surface area contributed by atoms with Gasteiger partial charge in [0.2, 0.25) is 20.0 Å². The van der Waals surface area contributed by atoms with Crippen LogP contribution in [0.1, 0.15) is 76.6 Å². The monoisotopic (exact) mass is 574 g/mol. The van der Waals surface area contributed by atoms with Gasteiger partial charge in [0.15, 0.2) is 0 Å². The maximum Gasteiger partial charge on any atom is 0.257 e. The van der Waals surface area contributed by atoms with E-state index in [0.717, 1.165) is 25.9 Å². The Balaban J connectivity index is 1.41. The van der Waals surface area contributed by atoms with Crippen LogP contribution in [0, 0.1) is 5.41 Å². The lowest BCUT2D eigenvalue weighted by Crippen LogP contribution is -2.40. The number of sulfonamides is 2. The van der Waals surface area contributed by atoms with E-state index in [9.17, 15) is 21.6 Å². The third kappa shape index (κ3) is 6.10. The first-order valence-corrected chi connectivity index (χ1v) is 16.4. The number of hydrogen-bond donors (Lipinski definition) is 3. The van der Waals surface area contributed by atoms with Gasteiger partial charge in [-0.15, -0.1) is 0 Å². The molecule has 212 valence electrons. The van der Waals surface area contributed by atoms with Gasteiger partial charge in [-0.3, -0.25) is 9.52 Å². The maximum atomic E-state index is 13.5. The minimum absolute atomic E-state index is 0.0551. The topological polar surface area (TPSA) is 125 Å². The molecule has 2 aromatic rings. The summed E-state index contributed by atoms with van der Waals surface area (Å²) in [5, 5.41) is 2.85. The molecule has 2 saturated carbocycles. The lowest BCUT2D eigenvalue weighted by Gasteiger charge is -2.35. The number of carbonyl (C=O) groups is 1. The number of anilines is 3. The Morgan fingerprint density at radius 3 is 2.13 bits per heavy atom. The molecule has 1 aliphatic heterocycles. The fourth-order valence-corrected chi connectivity index (χ4v) is 7.86. The molecule has 0 aromatic heterocycles. The molecule has 39 heavy (non-hydrogen) atoms. The van der Waals surface area contributed by atoms with Crippen molar-refractivity contribution in [2.45, 2.75) is 81.4 Å². The van der Waals surface area contributed by atoms with Gasteiger partial charge >= 0.3 is 0 Å². The molecule has 1 spiro atoms. The number of piperidine rings is 1. The molecule has 2 aromatic carbocycles. The van der Waals surface area contributed by atoms with Crippen molar-refractivity contribution < 1.29 is 21.6 Å². The summed E-state index contributed by atoms with van der Waals surface area (Å²) in [6.07, 6.45) is 5.84. The normalized spacial score (nSPS) is 19.9. The molecule has 2 aliphatic carbocycles. The molecule has 1 saturated heterocycles. The first-order valence-electron chi connectivity index (χ1n) is 13.5. The molecule has 11 heteroatoms. The fraction of sp³-hybridized carbons (Fsp3) is 0.536. The molecule has 0 unspecified atom stereocenters. The van der Waals surface area contributed by atoms with Gasteiger partial charge in [0.25, 0.3) is 5.91 Å². The highest BCUT2D eigenvalue weighted by atomic mass is 32.2. The average Bonchev–Trinajstić information content (AvgIpc) is 3.77. The molecule has 3 fully saturated rings. The predicted octanol–water partition coefficient (Wildman–Crippen LogP) is 4.69. The highest BCUT2D eigenvalue weighted by Crippen LogP contribution is 2.54. The van der Waals surface area contributed by atoms with Crippen LogP contribution in [0.4, 0.5) is 17.1 Å². The Kier molecular flexibility index (Phi) is 6.79. The quantitative estimate of drug-likeness (QED) is 0.420. The highest BCUT2D eigenvalue weighted by molar-refractivity contribution is 7.94. The van der Waals surface area contributed by atoms with Crippen molar-refractivity contribution in [3.63, 3.8) is 0 Å². The van der Waals surface area contributed by atoms with E-state index in [1.54, 1.807) is 58.0 Å². The van der Waals surface area contributed by atoms with Gasteiger partial charge in [0.1, 0.15) is 0 Å². The van der Waals surface area contributed by atoms with Crippen LogP contribution in [-0.2, 0) is 20.0 Å². The second-order valence-corrected chi connectivity index (χ2v) is 16.5. The average molecular weight is 575 g/mol. The van der Waals surface area contributed by atoms with Gasteiger partial charge in [0.05, 0.1) is 26.6 Å². The van der Waals surface area contributed by atoms with Crippen LogP contribution >= 0.6 is 0 Å². The number of rotatable bonds is 8. The van der Waals surface area contributed by atoms with Crippen molar-refractivity contribution >= 4 is 43.0 Å². The number of hydrogen-bond acceptors (Lipinski definition) is 6. The van der Waals surface area contributed by atoms with E-state index in [-0.39, 0.29) is 4.90 Å². The first-order chi connectivity index (χ1) is 18.1. The predicted molar refractivity (Wildman–Crippen MR) is 154 cm³/mol. The van der Waals surface area contributed by atoms with Gasteiger partial charge in [-0.25, -0.2) is 21.6 Å². The Hall–Kier alpha value is -2.63. The van der Waals surface area contributed by atoms with Crippen molar-refractivity contribution in [2.75, 3.05) is 28.0 Å². The number of carbonyl (C=O) groups excluding carboxylic acids is 1. The highest BCUT2D eigenvalue weighted by Gasteiger charge is 2.50. The molecule has 3 N–H and O–H groups in total. The Labute approximate surface area is 231 Å². The van der Waals surface area contributed by atoms with Crippen molar-refractivity contribution in [3.8, 4) is 0 Å². The zero-order chi connectivity index (χ0) is 28.3. The van der Waals surface area contributed by atoms with E-state index in [1.807, 2.05) is 0 Å². The molecular weight excluding hydrogens is 536 g/mol. The second-order valence-electron chi connectivity index (χ2n) is 12.6. The van der Waals surface area contributed by atoms with Gasteiger partial charge in [-0.05, 0) is 108 Å². The van der Waals surface area contributed by atoms with E-state index < -0.39 is 36.2 Å². The summed E-state index contributed by atoms with van der Waals surface area (Å²) < 4.78 is 56.0. The molecule has 9 nitrogen and oxygen atoms in total. The lowest BCUT2D eigenvalue weighted by molar-refractivity contribution is 0.102. The standard InChI is InChI=1S/C28H38N4O5S2/c1-26(2,3)31-38(34,35)22-7-5-6-20(18-22)29-25(33)23-9-8-21(30-39(36,37)27(4)10-11-27)19-24(23)32-16-14-28(12-13-28)15-17-32/h5-9,18-19,30-31H,10-17H2,1-4H3,(H,29,33). The summed E-state index contributed by atoms with van der Waals surface area (Å²) >= 11 is 0. The van der Waals surface area contributed by atoms with Crippen LogP contribution < -0.4 is 19.7 Å². The zero-order valence-corrected chi connectivity index (χ0v) is 24.6. The van der Waals surface area contributed by atoms with Gasteiger partial charge < -0.3 is 10.2 Å². The number of benzene rings is 2. The fourth-order valence-electron chi connectivity index (χ4n) is 5.07. The van der Waals surface area contributed by atoms with Crippen LogP contribution in [0.2, 0.25) is 0 Å². The van der Waals surface area contributed by atoms with Crippen LogP contribution in [0.25, 0.3) is 0 Å². The van der Waals surface area contributed by atoms with Crippen molar-refractivity contribution in [2.24, 2.45) is 5.41 Å². The molecule has 0 atom stereocenters. The summed E-state index contributed by atoms with van der Waals surface area (Å²) in [4.78, 5) is 15.7. The third-order valence-electron chi connectivity index (χ3n) is 8.06. The first kappa shape index (κ1) is 27.9.